The molecule has 1 aromatic carbocycles. The third-order valence-corrected chi connectivity index (χ3v) is 3.67. The highest BCUT2D eigenvalue weighted by Crippen LogP contribution is 2.14. The minimum atomic E-state index is 0.987. The third kappa shape index (κ3) is 4.81. The van der Waals surface area contributed by atoms with E-state index in [0.29, 0.717) is 0 Å². The molecule has 1 heterocycles. The lowest BCUT2D eigenvalue weighted by molar-refractivity contribution is 0.286. The van der Waals surface area contributed by atoms with Crippen LogP contribution in [0.2, 0.25) is 0 Å². The van der Waals surface area contributed by atoms with Crippen LogP contribution >= 0.6 is 0 Å². The van der Waals surface area contributed by atoms with Gasteiger partial charge in [-0.15, -0.1) is 0 Å². The molecular formula is C17H26N2. The van der Waals surface area contributed by atoms with Gasteiger partial charge in [0.2, 0.25) is 0 Å². The molecule has 1 aliphatic heterocycles. The minimum Gasteiger partial charge on any atom is -0.313 e. The second-order valence-corrected chi connectivity index (χ2v) is 5.53. The molecule has 1 N–H and O–H groups in total. The molecule has 0 bridgehead atoms. The first-order chi connectivity index (χ1) is 9.28. The standard InChI is InChI=1S/C17H26N2/c1-3-9-18-13-16-5-4-6-17(12-16)14-19-10-7-15(2)8-11-19/h4-7,12,18H,3,8-11,13-14H2,1-2H3. The van der Waals surface area contributed by atoms with Gasteiger partial charge in [0.1, 0.15) is 0 Å². The predicted octanol–water partition coefficient (Wildman–Crippen LogP) is 3.34. The van der Waals surface area contributed by atoms with E-state index in [9.17, 15) is 0 Å². The van der Waals surface area contributed by atoms with Crippen LogP contribution in [0.4, 0.5) is 0 Å². The van der Waals surface area contributed by atoms with Gasteiger partial charge in [-0.05, 0) is 37.4 Å². The lowest BCUT2D eigenvalue weighted by Crippen LogP contribution is -2.27. The van der Waals surface area contributed by atoms with Crippen molar-refractivity contribution in [2.75, 3.05) is 19.6 Å². The Labute approximate surface area is 117 Å². The number of rotatable bonds is 6. The molecule has 2 heteroatoms. The summed E-state index contributed by atoms with van der Waals surface area (Å²) in [5, 5.41) is 3.46. The number of hydrogen-bond acceptors (Lipinski definition) is 2. The van der Waals surface area contributed by atoms with E-state index in [1.165, 1.54) is 36.1 Å². The largest absolute Gasteiger partial charge is 0.313 e. The van der Waals surface area contributed by atoms with Crippen LogP contribution in [0, 0.1) is 0 Å². The highest BCUT2D eigenvalue weighted by Gasteiger charge is 2.09. The molecule has 1 aromatic rings. The predicted molar refractivity (Wildman–Crippen MR) is 82.1 cm³/mol. The zero-order chi connectivity index (χ0) is 13.5. The number of nitrogens with zero attached hydrogens (tertiary/aromatic N) is 1. The van der Waals surface area contributed by atoms with Gasteiger partial charge < -0.3 is 5.32 Å². The Bertz CT molecular complexity index is 423. The summed E-state index contributed by atoms with van der Waals surface area (Å²) in [5.74, 6) is 0. The van der Waals surface area contributed by atoms with E-state index in [-0.39, 0.29) is 0 Å². The zero-order valence-electron chi connectivity index (χ0n) is 12.3. The summed E-state index contributed by atoms with van der Waals surface area (Å²) in [6, 6.07) is 8.98. The van der Waals surface area contributed by atoms with Crippen molar-refractivity contribution in [3.8, 4) is 0 Å². The first kappa shape index (κ1) is 14.3. The van der Waals surface area contributed by atoms with Crippen LogP contribution in [0.3, 0.4) is 0 Å². The lowest BCUT2D eigenvalue weighted by Gasteiger charge is -2.25. The van der Waals surface area contributed by atoms with Gasteiger partial charge in [0, 0.05) is 26.2 Å². The molecule has 0 amide bonds. The summed E-state index contributed by atoms with van der Waals surface area (Å²) in [6.07, 6.45) is 4.77. The molecular weight excluding hydrogens is 232 g/mol. The maximum atomic E-state index is 3.46. The maximum absolute atomic E-state index is 3.46. The molecule has 0 spiro atoms. The van der Waals surface area contributed by atoms with Gasteiger partial charge in [0.15, 0.2) is 0 Å². The van der Waals surface area contributed by atoms with Crippen LogP contribution in [0.15, 0.2) is 35.9 Å². The summed E-state index contributed by atoms with van der Waals surface area (Å²) < 4.78 is 0. The highest BCUT2D eigenvalue weighted by molar-refractivity contribution is 5.23. The first-order valence-electron chi connectivity index (χ1n) is 7.44. The van der Waals surface area contributed by atoms with Crippen molar-refractivity contribution in [1.29, 1.82) is 0 Å². The molecule has 104 valence electrons. The van der Waals surface area contributed by atoms with E-state index in [0.717, 1.165) is 26.2 Å². The Balaban J connectivity index is 1.88. The third-order valence-electron chi connectivity index (χ3n) is 3.67. The molecule has 2 rings (SSSR count). The van der Waals surface area contributed by atoms with Gasteiger partial charge in [-0.3, -0.25) is 4.90 Å². The second kappa shape index (κ2) is 7.46. The van der Waals surface area contributed by atoms with E-state index in [4.69, 9.17) is 0 Å². The topological polar surface area (TPSA) is 15.3 Å². The van der Waals surface area contributed by atoms with Crippen molar-refractivity contribution in [1.82, 2.24) is 10.2 Å². The van der Waals surface area contributed by atoms with E-state index in [1.54, 1.807) is 0 Å². The monoisotopic (exact) mass is 258 g/mol. The molecule has 0 atom stereocenters. The molecule has 0 fully saturated rings. The Morgan fingerprint density at radius 2 is 2.11 bits per heavy atom. The summed E-state index contributed by atoms with van der Waals surface area (Å²) in [7, 11) is 0. The fourth-order valence-electron chi connectivity index (χ4n) is 2.46. The molecule has 0 radical (unpaired) electrons. The maximum Gasteiger partial charge on any atom is 0.0237 e. The summed E-state index contributed by atoms with van der Waals surface area (Å²) in [5.41, 5.74) is 4.37. The molecule has 0 saturated heterocycles. The van der Waals surface area contributed by atoms with Crippen LogP contribution in [0.5, 0.6) is 0 Å². The van der Waals surface area contributed by atoms with Crippen molar-refractivity contribution in [2.24, 2.45) is 0 Å². The van der Waals surface area contributed by atoms with Crippen molar-refractivity contribution < 1.29 is 0 Å². The van der Waals surface area contributed by atoms with E-state index in [1.807, 2.05) is 0 Å². The van der Waals surface area contributed by atoms with Crippen LogP contribution in [-0.4, -0.2) is 24.5 Å². The zero-order valence-corrected chi connectivity index (χ0v) is 12.3. The SMILES string of the molecule is CCCNCc1cccc(CN2CC=C(C)CC2)c1. The van der Waals surface area contributed by atoms with E-state index < -0.39 is 0 Å². The Morgan fingerprint density at radius 3 is 2.84 bits per heavy atom. The number of nitrogens with one attached hydrogen (secondary N) is 1. The van der Waals surface area contributed by atoms with E-state index >= 15 is 0 Å². The van der Waals surface area contributed by atoms with Crippen molar-refractivity contribution >= 4 is 0 Å². The minimum absolute atomic E-state index is 0.987. The van der Waals surface area contributed by atoms with Crippen molar-refractivity contribution in [3.63, 3.8) is 0 Å². The van der Waals surface area contributed by atoms with Crippen LogP contribution in [0.25, 0.3) is 0 Å². The van der Waals surface area contributed by atoms with E-state index in [2.05, 4.69) is 54.4 Å². The van der Waals surface area contributed by atoms with Gasteiger partial charge in [0.25, 0.3) is 0 Å². The fourth-order valence-corrected chi connectivity index (χ4v) is 2.46. The molecule has 1 aliphatic rings. The summed E-state index contributed by atoms with van der Waals surface area (Å²) >= 11 is 0. The molecule has 0 aliphatic carbocycles. The second-order valence-electron chi connectivity index (χ2n) is 5.53. The van der Waals surface area contributed by atoms with Crippen molar-refractivity contribution in [3.05, 3.63) is 47.0 Å². The molecule has 19 heavy (non-hydrogen) atoms. The van der Waals surface area contributed by atoms with Gasteiger partial charge in [-0.1, -0.05) is 42.8 Å². The molecule has 0 saturated carbocycles. The number of hydrogen-bond donors (Lipinski definition) is 1. The highest BCUT2D eigenvalue weighted by atomic mass is 15.1. The van der Waals surface area contributed by atoms with Gasteiger partial charge in [-0.2, -0.15) is 0 Å². The molecule has 0 aromatic heterocycles. The molecule has 0 unspecified atom stereocenters. The summed E-state index contributed by atoms with van der Waals surface area (Å²) in [4.78, 5) is 2.52. The smallest absolute Gasteiger partial charge is 0.0237 e. The average Bonchev–Trinajstić information content (AvgIpc) is 2.42. The van der Waals surface area contributed by atoms with Gasteiger partial charge >= 0.3 is 0 Å². The van der Waals surface area contributed by atoms with Crippen LogP contribution < -0.4 is 5.32 Å². The lowest BCUT2D eigenvalue weighted by atomic mass is 10.1. The quantitative estimate of drug-likeness (QED) is 0.622. The Morgan fingerprint density at radius 1 is 1.26 bits per heavy atom. The van der Waals surface area contributed by atoms with Gasteiger partial charge in [0.05, 0.1) is 0 Å². The average molecular weight is 258 g/mol. The first-order valence-corrected chi connectivity index (χ1v) is 7.44. The van der Waals surface area contributed by atoms with Crippen LogP contribution in [-0.2, 0) is 13.1 Å². The van der Waals surface area contributed by atoms with Crippen molar-refractivity contribution in [2.45, 2.75) is 39.8 Å². The Hall–Kier alpha value is -1.12. The molecule has 2 nitrogen and oxygen atoms in total. The Kier molecular flexibility index (Phi) is 5.62. The normalized spacial score (nSPS) is 16.4. The number of benzene rings is 1. The summed E-state index contributed by atoms with van der Waals surface area (Å²) in [6.45, 7) is 9.89. The fraction of sp³-hybridized carbons (Fsp3) is 0.529. The van der Waals surface area contributed by atoms with Gasteiger partial charge in [-0.25, -0.2) is 0 Å². The van der Waals surface area contributed by atoms with Crippen LogP contribution in [0.1, 0.15) is 37.8 Å².